The molecule has 0 unspecified atom stereocenters. The van der Waals surface area contributed by atoms with Crippen LogP contribution in [0, 0.1) is 0 Å². The Morgan fingerprint density at radius 2 is 1.05 bits per heavy atom. The SMILES string of the molecule is COc1ccc(C(c2ccc(OC)cc2)C(Cl)(Cl)Cl)cc1.[Na]. The van der Waals surface area contributed by atoms with Crippen molar-refractivity contribution in [3.63, 3.8) is 0 Å². The van der Waals surface area contributed by atoms with Crippen molar-refractivity contribution in [1.82, 2.24) is 0 Å². The second kappa shape index (κ2) is 8.68. The van der Waals surface area contributed by atoms with Crippen molar-refractivity contribution in [1.29, 1.82) is 0 Å². The molecule has 2 nitrogen and oxygen atoms in total. The van der Waals surface area contributed by atoms with Crippen LogP contribution in [0.2, 0.25) is 0 Å². The third-order valence-electron chi connectivity index (χ3n) is 3.23. The molecule has 0 aliphatic rings. The van der Waals surface area contributed by atoms with Crippen LogP contribution in [0.15, 0.2) is 48.5 Å². The minimum atomic E-state index is -1.46. The van der Waals surface area contributed by atoms with Crippen LogP contribution < -0.4 is 9.47 Å². The van der Waals surface area contributed by atoms with Crippen LogP contribution >= 0.6 is 34.8 Å². The zero-order valence-electron chi connectivity index (χ0n) is 12.6. The quantitative estimate of drug-likeness (QED) is 0.569. The molecule has 22 heavy (non-hydrogen) atoms. The van der Waals surface area contributed by atoms with Gasteiger partial charge in [0, 0.05) is 29.6 Å². The molecular weight excluding hydrogens is 354 g/mol. The molecule has 0 N–H and O–H groups in total. The first-order valence-electron chi connectivity index (χ1n) is 6.30. The summed E-state index contributed by atoms with van der Waals surface area (Å²) in [6.45, 7) is 0. The topological polar surface area (TPSA) is 18.5 Å². The minimum absolute atomic E-state index is 0. The fourth-order valence-corrected chi connectivity index (χ4v) is 2.92. The fourth-order valence-electron chi connectivity index (χ4n) is 2.16. The summed E-state index contributed by atoms with van der Waals surface area (Å²) in [6.07, 6.45) is 0. The van der Waals surface area contributed by atoms with Gasteiger partial charge in [-0.1, -0.05) is 59.1 Å². The van der Waals surface area contributed by atoms with E-state index in [9.17, 15) is 0 Å². The van der Waals surface area contributed by atoms with Crippen molar-refractivity contribution in [3.05, 3.63) is 59.7 Å². The maximum Gasteiger partial charge on any atom is 0.201 e. The van der Waals surface area contributed by atoms with Crippen molar-refractivity contribution in [2.24, 2.45) is 0 Å². The van der Waals surface area contributed by atoms with E-state index in [-0.39, 0.29) is 35.5 Å². The molecule has 113 valence electrons. The molecule has 1 radical (unpaired) electrons. The largest absolute Gasteiger partial charge is 0.497 e. The van der Waals surface area contributed by atoms with Gasteiger partial charge in [-0.15, -0.1) is 0 Å². The maximum absolute atomic E-state index is 6.18. The summed E-state index contributed by atoms with van der Waals surface area (Å²) in [7, 11) is 3.23. The molecule has 0 spiro atoms. The number of rotatable bonds is 4. The van der Waals surface area contributed by atoms with Crippen LogP contribution in [-0.4, -0.2) is 47.6 Å². The predicted octanol–water partition coefficient (Wildman–Crippen LogP) is 4.83. The van der Waals surface area contributed by atoms with Crippen molar-refractivity contribution in [2.45, 2.75) is 9.71 Å². The van der Waals surface area contributed by atoms with Gasteiger partial charge in [-0.25, -0.2) is 0 Å². The van der Waals surface area contributed by atoms with E-state index < -0.39 is 3.79 Å². The minimum Gasteiger partial charge on any atom is -0.497 e. The summed E-state index contributed by atoms with van der Waals surface area (Å²) in [5.74, 6) is 1.15. The Morgan fingerprint density at radius 1 is 0.727 bits per heavy atom. The summed E-state index contributed by atoms with van der Waals surface area (Å²) in [4.78, 5) is 0. The van der Waals surface area contributed by atoms with Crippen LogP contribution in [-0.2, 0) is 0 Å². The summed E-state index contributed by atoms with van der Waals surface area (Å²) < 4.78 is 8.85. The van der Waals surface area contributed by atoms with Crippen LogP contribution in [0.5, 0.6) is 11.5 Å². The monoisotopic (exact) mass is 367 g/mol. The van der Waals surface area contributed by atoms with Gasteiger partial charge in [-0.2, -0.15) is 0 Å². The smallest absolute Gasteiger partial charge is 0.201 e. The van der Waals surface area contributed by atoms with Crippen molar-refractivity contribution >= 4 is 64.4 Å². The number of ether oxygens (including phenoxy) is 2. The first-order valence-corrected chi connectivity index (χ1v) is 7.43. The Hall–Kier alpha value is -0.0900. The van der Waals surface area contributed by atoms with E-state index in [1.165, 1.54) is 0 Å². The number of hydrogen-bond acceptors (Lipinski definition) is 2. The van der Waals surface area contributed by atoms with Crippen LogP contribution in [0.1, 0.15) is 17.0 Å². The second-order valence-corrected chi connectivity index (χ2v) is 6.89. The molecule has 0 bridgehead atoms. The molecular formula is C16H15Cl3NaO2. The molecule has 0 heterocycles. The summed E-state index contributed by atoms with van der Waals surface area (Å²) in [5.41, 5.74) is 1.81. The molecule has 0 fully saturated rings. The zero-order chi connectivity index (χ0) is 15.5. The number of benzene rings is 2. The van der Waals surface area contributed by atoms with E-state index in [1.807, 2.05) is 48.5 Å². The molecule has 2 aromatic rings. The normalized spacial score (nSPS) is 11.0. The predicted molar refractivity (Wildman–Crippen MR) is 93.9 cm³/mol. The van der Waals surface area contributed by atoms with Gasteiger partial charge in [0.2, 0.25) is 3.79 Å². The maximum atomic E-state index is 6.18. The first kappa shape index (κ1) is 20.0. The van der Waals surface area contributed by atoms with E-state index in [0.29, 0.717) is 0 Å². The fraction of sp³-hybridized carbons (Fsp3) is 0.250. The van der Waals surface area contributed by atoms with E-state index in [2.05, 4.69) is 0 Å². The molecule has 0 aliphatic heterocycles. The number of alkyl halides is 3. The Bertz CT molecular complexity index is 532. The number of halogens is 3. The average Bonchev–Trinajstić information content (AvgIpc) is 2.47. The molecule has 0 saturated heterocycles. The van der Waals surface area contributed by atoms with Gasteiger partial charge in [0.25, 0.3) is 0 Å². The zero-order valence-corrected chi connectivity index (χ0v) is 16.9. The second-order valence-electron chi connectivity index (χ2n) is 4.52. The van der Waals surface area contributed by atoms with Gasteiger partial charge in [0.05, 0.1) is 20.1 Å². The van der Waals surface area contributed by atoms with Gasteiger partial charge < -0.3 is 9.47 Å². The number of methoxy groups -OCH3 is 2. The summed E-state index contributed by atoms with van der Waals surface area (Å²) >= 11 is 18.6. The van der Waals surface area contributed by atoms with Crippen LogP contribution in [0.25, 0.3) is 0 Å². The molecule has 0 atom stereocenters. The van der Waals surface area contributed by atoms with E-state index in [0.717, 1.165) is 22.6 Å². The van der Waals surface area contributed by atoms with Crippen molar-refractivity contribution < 1.29 is 9.47 Å². The van der Waals surface area contributed by atoms with E-state index in [4.69, 9.17) is 44.3 Å². The van der Waals surface area contributed by atoms with E-state index >= 15 is 0 Å². The van der Waals surface area contributed by atoms with Gasteiger partial charge in [-0.3, -0.25) is 0 Å². The Balaban J connectivity index is 0.00000242. The summed E-state index contributed by atoms with van der Waals surface area (Å²) in [5, 5.41) is 0. The van der Waals surface area contributed by atoms with Crippen molar-refractivity contribution in [2.75, 3.05) is 14.2 Å². The molecule has 0 amide bonds. The Labute approximate surface area is 167 Å². The average molecular weight is 369 g/mol. The van der Waals surface area contributed by atoms with Crippen LogP contribution in [0.4, 0.5) is 0 Å². The molecule has 6 heteroatoms. The van der Waals surface area contributed by atoms with Crippen molar-refractivity contribution in [3.8, 4) is 11.5 Å². The Morgan fingerprint density at radius 3 is 1.27 bits per heavy atom. The molecule has 2 rings (SSSR count). The first-order chi connectivity index (χ1) is 9.95. The third-order valence-corrected chi connectivity index (χ3v) is 3.88. The molecule has 0 aliphatic carbocycles. The standard InChI is InChI=1S/C16H15Cl3O2.Na/c1-20-13-7-3-11(4-8-13)15(16(17,18)19)12-5-9-14(21-2)10-6-12;/h3-10,15H,1-2H3;. The van der Waals surface area contributed by atoms with Crippen LogP contribution in [0.3, 0.4) is 0 Å². The van der Waals surface area contributed by atoms with E-state index in [1.54, 1.807) is 14.2 Å². The molecule has 0 aromatic heterocycles. The molecule has 2 aromatic carbocycles. The molecule has 0 saturated carbocycles. The Kier molecular flexibility index (Phi) is 7.87. The summed E-state index contributed by atoms with van der Waals surface area (Å²) in [6, 6.07) is 15.0. The van der Waals surface area contributed by atoms with Gasteiger partial charge in [-0.05, 0) is 35.4 Å². The van der Waals surface area contributed by atoms with Gasteiger partial charge in [0.1, 0.15) is 11.5 Å². The van der Waals surface area contributed by atoms with Gasteiger partial charge in [0.15, 0.2) is 0 Å². The number of hydrogen-bond donors (Lipinski definition) is 0. The third kappa shape index (κ3) is 4.95. The van der Waals surface area contributed by atoms with Gasteiger partial charge >= 0.3 is 0 Å².